The van der Waals surface area contributed by atoms with Gasteiger partial charge < -0.3 is 24.6 Å². The van der Waals surface area contributed by atoms with Gasteiger partial charge in [0.25, 0.3) is 0 Å². The summed E-state index contributed by atoms with van der Waals surface area (Å²) in [7, 11) is 7.87. The molecule has 0 fully saturated rings. The van der Waals surface area contributed by atoms with Crippen LogP contribution < -0.4 is 14.8 Å². The molecule has 0 bridgehead atoms. The summed E-state index contributed by atoms with van der Waals surface area (Å²) in [5.41, 5.74) is 1.11. The van der Waals surface area contributed by atoms with Crippen LogP contribution in [-0.4, -0.2) is 70.3 Å². The molecule has 0 heterocycles. The molecule has 0 aliphatic heterocycles. The van der Waals surface area contributed by atoms with Gasteiger partial charge in [-0.1, -0.05) is 36.4 Å². The van der Waals surface area contributed by atoms with Crippen molar-refractivity contribution in [2.75, 3.05) is 54.5 Å². The third-order valence-electron chi connectivity index (χ3n) is 4.22. The van der Waals surface area contributed by atoms with E-state index in [1.165, 1.54) is 0 Å². The maximum atomic E-state index is 5.93. The molecule has 2 aromatic rings. The third kappa shape index (κ3) is 7.48. The van der Waals surface area contributed by atoms with Crippen LogP contribution in [0.1, 0.15) is 5.56 Å². The quantitative estimate of drug-likeness (QED) is 0.504. The predicted molar refractivity (Wildman–Crippen MR) is 115 cm³/mol. The van der Waals surface area contributed by atoms with Gasteiger partial charge in [0, 0.05) is 32.7 Å². The Morgan fingerprint density at radius 3 is 2.29 bits per heavy atom. The molecule has 0 aliphatic rings. The Hall–Kier alpha value is -2.73. The van der Waals surface area contributed by atoms with E-state index in [1.54, 1.807) is 7.05 Å². The SMILES string of the molecule is CN=C(NCc1ccccc1OCCN(C)C)N(C)CCOc1ccccc1. The molecule has 0 aliphatic carbocycles. The van der Waals surface area contributed by atoms with E-state index in [0.717, 1.165) is 36.1 Å². The Bertz CT molecular complexity index is 719. The zero-order chi connectivity index (χ0) is 20.2. The number of nitrogens with zero attached hydrogens (tertiary/aromatic N) is 3. The number of aliphatic imine (C=N–C) groups is 1. The smallest absolute Gasteiger partial charge is 0.193 e. The fraction of sp³-hybridized carbons (Fsp3) is 0.409. The summed E-state index contributed by atoms with van der Waals surface area (Å²) < 4.78 is 11.7. The van der Waals surface area contributed by atoms with E-state index in [2.05, 4.69) is 26.2 Å². The van der Waals surface area contributed by atoms with Gasteiger partial charge >= 0.3 is 0 Å². The highest BCUT2D eigenvalue weighted by atomic mass is 16.5. The molecule has 152 valence electrons. The highest BCUT2D eigenvalue weighted by Crippen LogP contribution is 2.17. The molecule has 0 radical (unpaired) electrons. The largest absolute Gasteiger partial charge is 0.492 e. The average Bonchev–Trinajstić information content (AvgIpc) is 2.70. The van der Waals surface area contributed by atoms with Gasteiger partial charge in [-0.25, -0.2) is 0 Å². The maximum Gasteiger partial charge on any atom is 0.193 e. The Balaban J connectivity index is 1.82. The number of likely N-dealkylation sites (N-methyl/N-ethyl adjacent to an activating group) is 2. The molecule has 2 aromatic carbocycles. The Labute approximate surface area is 168 Å². The molecule has 6 heteroatoms. The van der Waals surface area contributed by atoms with Gasteiger partial charge in [-0.05, 0) is 32.3 Å². The van der Waals surface area contributed by atoms with Crippen LogP contribution in [-0.2, 0) is 6.54 Å². The summed E-state index contributed by atoms with van der Waals surface area (Å²) in [4.78, 5) is 8.53. The van der Waals surface area contributed by atoms with Gasteiger partial charge in [0.1, 0.15) is 24.7 Å². The highest BCUT2D eigenvalue weighted by molar-refractivity contribution is 5.79. The molecular weight excluding hydrogens is 352 g/mol. The van der Waals surface area contributed by atoms with E-state index in [9.17, 15) is 0 Å². The molecule has 0 atom stereocenters. The second-order valence-corrected chi connectivity index (χ2v) is 6.74. The predicted octanol–water partition coefficient (Wildman–Crippen LogP) is 2.71. The summed E-state index contributed by atoms with van der Waals surface area (Å²) in [5.74, 6) is 2.60. The van der Waals surface area contributed by atoms with Crippen LogP contribution in [0.15, 0.2) is 59.6 Å². The molecular formula is C22H32N4O2. The van der Waals surface area contributed by atoms with Crippen molar-refractivity contribution in [3.05, 3.63) is 60.2 Å². The minimum absolute atomic E-state index is 0.589. The number of benzene rings is 2. The standard InChI is InChI=1S/C22H32N4O2/c1-23-22(26(4)15-17-27-20-11-6-5-7-12-20)24-18-19-10-8-9-13-21(19)28-16-14-25(2)3/h5-13H,14-18H2,1-4H3,(H,23,24). The van der Waals surface area contributed by atoms with E-state index in [-0.39, 0.29) is 0 Å². The van der Waals surface area contributed by atoms with Crippen molar-refractivity contribution in [3.63, 3.8) is 0 Å². The highest BCUT2D eigenvalue weighted by Gasteiger charge is 2.08. The number of rotatable bonds is 10. The number of ether oxygens (including phenoxy) is 2. The summed E-state index contributed by atoms with van der Waals surface area (Å²) in [6, 6.07) is 17.9. The first-order valence-corrected chi connectivity index (χ1v) is 9.55. The first-order valence-electron chi connectivity index (χ1n) is 9.55. The Kier molecular flexibility index (Phi) is 9.15. The van der Waals surface area contributed by atoms with Crippen LogP contribution in [0, 0.1) is 0 Å². The lowest BCUT2D eigenvalue weighted by molar-refractivity contribution is 0.259. The first kappa shape index (κ1) is 21.6. The number of nitrogens with one attached hydrogen (secondary N) is 1. The third-order valence-corrected chi connectivity index (χ3v) is 4.22. The molecule has 0 unspecified atom stereocenters. The van der Waals surface area contributed by atoms with Crippen molar-refractivity contribution in [2.45, 2.75) is 6.54 Å². The van der Waals surface area contributed by atoms with Gasteiger partial charge in [-0.15, -0.1) is 0 Å². The van der Waals surface area contributed by atoms with Gasteiger partial charge in [0.15, 0.2) is 5.96 Å². The summed E-state index contributed by atoms with van der Waals surface area (Å²) in [6.45, 7) is 3.51. The molecule has 28 heavy (non-hydrogen) atoms. The minimum atomic E-state index is 0.589. The monoisotopic (exact) mass is 384 g/mol. The molecule has 2 rings (SSSR count). The van der Waals surface area contributed by atoms with Crippen LogP contribution in [0.2, 0.25) is 0 Å². The minimum Gasteiger partial charge on any atom is -0.492 e. The fourth-order valence-electron chi connectivity index (χ4n) is 2.61. The van der Waals surface area contributed by atoms with Gasteiger partial charge in [0.05, 0.1) is 6.54 Å². The van der Waals surface area contributed by atoms with Crippen LogP contribution >= 0.6 is 0 Å². The number of hydrogen-bond acceptors (Lipinski definition) is 4. The summed E-state index contributed by atoms with van der Waals surface area (Å²) >= 11 is 0. The van der Waals surface area contributed by atoms with E-state index in [1.807, 2.05) is 69.7 Å². The average molecular weight is 385 g/mol. The van der Waals surface area contributed by atoms with Crippen molar-refractivity contribution in [3.8, 4) is 11.5 Å². The second-order valence-electron chi connectivity index (χ2n) is 6.74. The van der Waals surface area contributed by atoms with E-state index in [0.29, 0.717) is 19.8 Å². The van der Waals surface area contributed by atoms with Crippen LogP contribution in [0.3, 0.4) is 0 Å². The molecule has 0 saturated carbocycles. The topological polar surface area (TPSA) is 49.3 Å². The van der Waals surface area contributed by atoms with E-state index < -0.39 is 0 Å². The van der Waals surface area contributed by atoms with E-state index >= 15 is 0 Å². The zero-order valence-electron chi connectivity index (χ0n) is 17.4. The van der Waals surface area contributed by atoms with Crippen molar-refractivity contribution in [1.29, 1.82) is 0 Å². The number of para-hydroxylation sites is 2. The van der Waals surface area contributed by atoms with Crippen LogP contribution in [0.4, 0.5) is 0 Å². The Morgan fingerprint density at radius 1 is 0.893 bits per heavy atom. The summed E-state index contributed by atoms with van der Waals surface area (Å²) in [6.07, 6.45) is 0. The maximum absolute atomic E-state index is 5.93. The number of hydrogen-bond donors (Lipinski definition) is 1. The lowest BCUT2D eigenvalue weighted by atomic mass is 10.2. The fourth-order valence-corrected chi connectivity index (χ4v) is 2.61. The van der Waals surface area contributed by atoms with Crippen molar-refractivity contribution >= 4 is 5.96 Å². The van der Waals surface area contributed by atoms with Crippen LogP contribution in [0.5, 0.6) is 11.5 Å². The van der Waals surface area contributed by atoms with Crippen molar-refractivity contribution in [2.24, 2.45) is 4.99 Å². The number of guanidine groups is 1. The van der Waals surface area contributed by atoms with Gasteiger partial charge in [-0.2, -0.15) is 0 Å². The molecule has 1 N–H and O–H groups in total. The second kappa shape index (κ2) is 11.9. The van der Waals surface area contributed by atoms with Crippen molar-refractivity contribution < 1.29 is 9.47 Å². The van der Waals surface area contributed by atoms with Gasteiger partial charge in [0.2, 0.25) is 0 Å². The lowest BCUT2D eigenvalue weighted by Crippen LogP contribution is -2.40. The molecule has 0 saturated heterocycles. The first-order chi connectivity index (χ1) is 13.6. The molecule has 6 nitrogen and oxygen atoms in total. The summed E-state index contributed by atoms with van der Waals surface area (Å²) in [5, 5.41) is 3.40. The van der Waals surface area contributed by atoms with Crippen molar-refractivity contribution in [1.82, 2.24) is 15.1 Å². The van der Waals surface area contributed by atoms with Crippen LogP contribution in [0.25, 0.3) is 0 Å². The zero-order valence-corrected chi connectivity index (χ0v) is 17.4. The molecule has 0 spiro atoms. The Morgan fingerprint density at radius 2 is 1.57 bits per heavy atom. The molecule has 0 aromatic heterocycles. The molecule has 0 amide bonds. The normalized spacial score (nSPS) is 11.4. The van der Waals surface area contributed by atoms with Gasteiger partial charge in [-0.3, -0.25) is 4.99 Å². The van der Waals surface area contributed by atoms with E-state index in [4.69, 9.17) is 9.47 Å². The lowest BCUT2D eigenvalue weighted by Gasteiger charge is -2.22.